The number of carboxylic acids is 1. The Morgan fingerprint density at radius 2 is 2.26 bits per heavy atom. The highest BCUT2D eigenvalue weighted by molar-refractivity contribution is 5.94. The summed E-state index contributed by atoms with van der Waals surface area (Å²) in [5.41, 5.74) is 0.752. The Morgan fingerprint density at radius 1 is 1.47 bits per heavy atom. The summed E-state index contributed by atoms with van der Waals surface area (Å²) in [5, 5.41) is 18.5. The quantitative estimate of drug-likeness (QED) is 0.756. The zero-order valence-corrected chi connectivity index (χ0v) is 10.1. The molecular formula is C13H14N2O4. The van der Waals surface area contributed by atoms with E-state index in [9.17, 15) is 14.7 Å². The second kappa shape index (κ2) is 5.62. The number of carbonyl (C=O) groups is 2. The Balaban J connectivity index is 2.07. The number of pyridine rings is 1. The lowest BCUT2D eigenvalue weighted by Gasteiger charge is -2.19. The topological polar surface area (TPSA) is 90.7 Å². The van der Waals surface area contributed by atoms with E-state index in [4.69, 9.17) is 5.11 Å². The Kier molecular flexibility index (Phi) is 3.91. The Morgan fingerprint density at radius 3 is 2.89 bits per heavy atom. The van der Waals surface area contributed by atoms with E-state index in [2.05, 4.69) is 4.98 Å². The molecule has 0 spiro atoms. The monoisotopic (exact) mass is 262 g/mol. The van der Waals surface area contributed by atoms with E-state index in [0.717, 1.165) is 5.56 Å². The molecule has 0 aliphatic carbocycles. The predicted octanol–water partition coefficient (Wildman–Crippen LogP) is 0.141. The minimum atomic E-state index is -1.10. The van der Waals surface area contributed by atoms with Crippen LogP contribution in [0.3, 0.4) is 0 Å². The summed E-state index contributed by atoms with van der Waals surface area (Å²) < 4.78 is 0. The van der Waals surface area contributed by atoms with Gasteiger partial charge in [-0.15, -0.1) is 0 Å². The Bertz CT molecular complexity index is 501. The molecule has 0 aromatic carbocycles. The summed E-state index contributed by atoms with van der Waals surface area (Å²) >= 11 is 0. The van der Waals surface area contributed by atoms with Crippen molar-refractivity contribution in [2.75, 3.05) is 6.54 Å². The summed E-state index contributed by atoms with van der Waals surface area (Å²) in [5.74, 6) is -1.52. The van der Waals surface area contributed by atoms with Gasteiger partial charge in [-0.05, 0) is 17.7 Å². The van der Waals surface area contributed by atoms with Gasteiger partial charge in [0.15, 0.2) is 0 Å². The lowest BCUT2D eigenvalue weighted by molar-refractivity contribution is -0.146. The number of amides is 1. The van der Waals surface area contributed by atoms with Crippen molar-refractivity contribution in [2.24, 2.45) is 0 Å². The molecule has 6 nitrogen and oxygen atoms in total. The highest BCUT2D eigenvalue weighted by Crippen LogP contribution is 2.18. The van der Waals surface area contributed by atoms with Crippen molar-refractivity contribution in [1.82, 2.24) is 9.88 Å². The molecule has 1 fully saturated rings. The molecule has 0 saturated carbocycles. The summed E-state index contributed by atoms with van der Waals surface area (Å²) in [7, 11) is 0. The van der Waals surface area contributed by atoms with Gasteiger partial charge in [-0.25, -0.2) is 4.79 Å². The SMILES string of the molecule is O=C(O)C1CC(O)CN1C(=O)/C=C/c1cccnc1. The van der Waals surface area contributed by atoms with Crippen LogP contribution in [0.1, 0.15) is 12.0 Å². The molecule has 19 heavy (non-hydrogen) atoms. The van der Waals surface area contributed by atoms with Crippen molar-refractivity contribution >= 4 is 18.0 Å². The molecule has 0 radical (unpaired) electrons. The van der Waals surface area contributed by atoms with Gasteiger partial charge in [-0.3, -0.25) is 9.78 Å². The van der Waals surface area contributed by atoms with Gasteiger partial charge in [0, 0.05) is 31.4 Å². The molecule has 2 unspecified atom stereocenters. The van der Waals surface area contributed by atoms with Gasteiger partial charge in [-0.1, -0.05) is 6.07 Å². The second-order valence-corrected chi connectivity index (χ2v) is 4.35. The summed E-state index contributed by atoms with van der Waals surface area (Å²) in [6.07, 6.45) is 5.37. The predicted molar refractivity (Wildman–Crippen MR) is 67.0 cm³/mol. The van der Waals surface area contributed by atoms with Gasteiger partial charge in [0.05, 0.1) is 6.10 Å². The second-order valence-electron chi connectivity index (χ2n) is 4.35. The molecule has 1 aromatic heterocycles. The average Bonchev–Trinajstić information content (AvgIpc) is 2.79. The number of β-amino-alcohol motifs (C(OH)–C–C–N with tert-alkyl or cyclic N) is 1. The molecule has 1 amide bonds. The van der Waals surface area contributed by atoms with Crippen molar-refractivity contribution in [3.63, 3.8) is 0 Å². The van der Waals surface area contributed by atoms with Crippen molar-refractivity contribution < 1.29 is 19.8 Å². The van der Waals surface area contributed by atoms with Crippen LogP contribution in [0, 0.1) is 0 Å². The van der Waals surface area contributed by atoms with Crippen LogP contribution in [-0.2, 0) is 9.59 Å². The van der Waals surface area contributed by atoms with Crippen LogP contribution in [0.4, 0.5) is 0 Å². The molecule has 1 aromatic rings. The van der Waals surface area contributed by atoms with E-state index >= 15 is 0 Å². The van der Waals surface area contributed by atoms with E-state index in [0.29, 0.717) is 0 Å². The van der Waals surface area contributed by atoms with E-state index in [1.807, 2.05) is 0 Å². The van der Waals surface area contributed by atoms with Crippen molar-refractivity contribution in [2.45, 2.75) is 18.6 Å². The fraction of sp³-hybridized carbons (Fsp3) is 0.308. The molecule has 2 rings (SSSR count). The van der Waals surface area contributed by atoms with Crippen molar-refractivity contribution in [3.05, 3.63) is 36.2 Å². The fourth-order valence-electron chi connectivity index (χ4n) is 2.03. The lowest BCUT2D eigenvalue weighted by atomic mass is 10.2. The number of aromatic nitrogens is 1. The van der Waals surface area contributed by atoms with Gasteiger partial charge in [-0.2, -0.15) is 0 Å². The number of carboxylic acid groups (broad SMARTS) is 1. The van der Waals surface area contributed by atoms with E-state index < -0.39 is 24.0 Å². The van der Waals surface area contributed by atoms with Crippen LogP contribution in [0.2, 0.25) is 0 Å². The zero-order chi connectivity index (χ0) is 13.8. The highest BCUT2D eigenvalue weighted by Gasteiger charge is 2.37. The fourth-order valence-corrected chi connectivity index (χ4v) is 2.03. The van der Waals surface area contributed by atoms with Gasteiger partial charge in [0.1, 0.15) is 6.04 Å². The normalized spacial score (nSPS) is 22.9. The number of hydrogen-bond acceptors (Lipinski definition) is 4. The summed E-state index contributed by atoms with van der Waals surface area (Å²) in [4.78, 5) is 28.0. The van der Waals surface area contributed by atoms with Gasteiger partial charge in [0.2, 0.25) is 5.91 Å². The number of aliphatic hydroxyl groups is 1. The summed E-state index contributed by atoms with van der Waals surface area (Å²) in [6.45, 7) is 0.0488. The van der Waals surface area contributed by atoms with Crippen LogP contribution < -0.4 is 0 Å². The minimum Gasteiger partial charge on any atom is -0.480 e. The third-order valence-corrected chi connectivity index (χ3v) is 2.95. The third kappa shape index (κ3) is 3.17. The molecule has 2 N–H and O–H groups in total. The Labute approximate surface area is 110 Å². The minimum absolute atomic E-state index is 0.0488. The highest BCUT2D eigenvalue weighted by atomic mass is 16.4. The van der Waals surface area contributed by atoms with Gasteiger partial charge in [0.25, 0.3) is 0 Å². The van der Waals surface area contributed by atoms with E-state index in [1.165, 1.54) is 11.0 Å². The van der Waals surface area contributed by atoms with Gasteiger partial charge < -0.3 is 15.1 Å². The van der Waals surface area contributed by atoms with Crippen LogP contribution in [0.15, 0.2) is 30.6 Å². The van der Waals surface area contributed by atoms with E-state index in [-0.39, 0.29) is 13.0 Å². The van der Waals surface area contributed by atoms with Gasteiger partial charge >= 0.3 is 5.97 Å². The van der Waals surface area contributed by atoms with Crippen molar-refractivity contribution in [3.8, 4) is 0 Å². The lowest BCUT2D eigenvalue weighted by Crippen LogP contribution is -2.39. The number of likely N-dealkylation sites (tertiary alicyclic amines) is 1. The van der Waals surface area contributed by atoms with Crippen molar-refractivity contribution in [1.29, 1.82) is 0 Å². The molecule has 1 saturated heterocycles. The largest absolute Gasteiger partial charge is 0.480 e. The summed E-state index contributed by atoms with van der Waals surface area (Å²) in [6, 6.07) is 2.56. The van der Waals surface area contributed by atoms with Crippen LogP contribution in [-0.4, -0.2) is 50.7 Å². The molecule has 0 bridgehead atoms. The molecule has 1 aliphatic rings. The first-order valence-electron chi connectivity index (χ1n) is 5.87. The first-order chi connectivity index (χ1) is 9.08. The number of hydrogen-bond donors (Lipinski definition) is 2. The maximum atomic E-state index is 11.9. The number of rotatable bonds is 3. The smallest absolute Gasteiger partial charge is 0.326 e. The third-order valence-electron chi connectivity index (χ3n) is 2.95. The Hall–Kier alpha value is -2.21. The van der Waals surface area contributed by atoms with E-state index in [1.54, 1.807) is 30.6 Å². The molecule has 1 aliphatic heterocycles. The average molecular weight is 262 g/mol. The first-order valence-corrected chi connectivity index (χ1v) is 5.87. The van der Waals surface area contributed by atoms with Crippen LogP contribution in [0.25, 0.3) is 6.08 Å². The maximum absolute atomic E-state index is 11.9. The number of aliphatic carboxylic acids is 1. The molecule has 2 atom stereocenters. The molecule has 2 heterocycles. The maximum Gasteiger partial charge on any atom is 0.326 e. The molecule has 6 heteroatoms. The van der Waals surface area contributed by atoms with Crippen LogP contribution >= 0.6 is 0 Å². The zero-order valence-electron chi connectivity index (χ0n) is 10.1. The first kappa shape index (κ1) is 13.2. The standard InChI is InChI=1S/C13H14N2O4/c16-10-6-11(13(18)19)15(8-10)12(17)4-3-9-2-1-5-14-7-9/h1-5,7,10-11,16H,6,8H2,(H,18,19)/b4-3+. The molecule has 100 valence electrons. The number of nitrogens with zero attached hydrogens (tertiary/aromatic N) is 2. The number of carbonyl (C=O) groups excluding carboxylic acids is 1. The number of aliphatic hydroxyl groups excluding tert-OH is 1. The van der Waals surface area contributed by atoms with Crippen LogP contribution in [0.5, 0.6) is 0 Å². The molecular weight excluding hydrogens is 248 g/mol.